The molecule has 0 aromatic heterocycles. The molecule has 1 aliphatic rings. The zero-order chi connectivity index (χ0) is 9.52. The summed E-state index contributed by atoms with van der Waals surface area (Å²) in [7, 11) is 0. The highest BCUT2D eigenvalue weighted by atomic mass is 79.9. The Kier molecular flexibility index (Phi) is 3.70. The Morgan fingerprint density at radius 3 is 2.33 bits per heavy atom. The molecule has 0 nitrogen and oxygen atoms in total. The molecule has 1 aliphatic carbocycles. The third-order valence-electron chi connectivity index (χ3n) is 2.14. The molecule has 2 atom stereocenters. The summed E-state index contributed by atoms with van der Waals surface area (Å²) < 4.78 is 3.48. The van der Waals surface area contributed by atoms with E-state index in [2.05, 4.69) is 83.6 Å². The molecular weight excluding hydrogens is 416 g/mol. The van der Waals surface area contributed by atoms with Gasteiger partial charge in [0.2, 0.25) is 0 Å². The number of hydrogen-bond donors (Lipinski definition) is 0. The van der Waals surface area contributed by atoms with Gasteiger partial charge in [-0.25, -0.2) is 0 Å². The van der Waals surface area contributed by atoms with E-state index >= 15 is 0 Å². The Morgan fingerprint density at radius 1 is 1.33 bits per heavy atom. The van der Waals surface area contributed by atoms with Crippen LogP contribution in [0.1, 0.15) is 13.8 Å². The lowest BCUT2D eigenvalue weighted by atomic mass is 9.91. The minimum absolute atomic E-state index is 0.00308. The van der Waals surface area contributed by atoms with Crippen LogP contribution in [0.2, 0.25) is 0 Å². The van der Waals surface area contributed by atoms with Crippen LogP contribution >= 0.6 is 63.7 Å². The predicted octanol–water partition coefficient (Wildman–Crippen LogP) is 5.07. The van der Waals surface area contributed by atoms with Gasteiger partial charge in [0, 0.05) is 19.4 Å². The summed E-state index contributed by atoms with van der Waals surface area (Å²) in [6.07, 6.45) is 2.07. The van der Waals surface area contributed by atoms with Gasteiger partial charge in [-0.05, 0) is 28.9 Å². The lowest BCUT2D eigenvalue weighted by Gasteiger charge is -2.33. The molecule has 0 saturated carbocycles. The zero-order valence-corrected chi connectivity index (χ0v) is 13.0. The van der Waals surface area contributed by atoms with E-state index in [4.69, 9.17) is 0 Å². The van der Waals surface area contributed by atoms with E-state index in [0.29, 0.717) is 5.92 Å². The van der Waals surface area contributed by atoms with Crippen molar-refractivity contribution in [3.05, 3.63) is 19.5 Å². The molecule has 0 aromatic rings. The van der Waals surface area contributed by atoms with Crippen molar-refractivity contribution >= 4 is 63.7 Å². The SMILES string of the molecule is C[C@@H]1C(Br)=C(Br)C=C(Br)[C@]1(C)Br. The van der Waals surface area contributed by atoms with Gasteiger partial charge in [-0.3, -0.25) is 0 Å². The third-order valence-corrected chi connectivity index (χ3v) is 7.14. The first-order chi connectivity index (χ1) is 5.37. The summed E-state index contributed by atoms with van der Waals surface area (Å²) in [4.78, 5) is 0. The second-order valence-corrected chi connectivity index (χ2v) is 7.20. The van der Waals surface area contributed by atoms with Crippen molar-refractivity contribution in [1.29, 1.82) is 0 Å². The highest BCUT2D eigenvalue weighted by Gasteiger charge is 2.36. The molecule has 0 radical (unpaired) electrons. The molecular formula is C8H8Br4. The largest absolute Gasteiger partial charge is 0.0792 e. The van der Waals surface area contributed by atoms with Crippen LogP contribution in [0.4, 0.5) is 0 Å². The van der Waals surface area contributed by atoms with Gasteiger partial charge in [-0.1, -0.05) is 54.7 Å². The van der Waals surface area contributed by atoms with E-state index in [1.807, 2.05) is 0 Å². The van der Waals surface area contributed by atoms with Gasteiger partial charge in [0.15, 0.2) is 0 Å². The van der Waals surface area contributed by atoms with Crippen LogP contribution in [0.5, 0.6) is 0 Å². The topological polar surface area (TPSA) is 0 Å². The molecule has 1 rings (SSSR count). The third kappa shape index (κ3) is 1.91. The molecule has 0 saturated heterocycles. The minimum Gasteiger partial charge on any atom is -0.0792 e. The standard InChI is InChI=1S/C8H8Br4/c1-4-7(11)5(9)3-6(10)8(4,2)12/h3-4H,1-2H3/t4-,8-/m1/s1. The fourth-order valence-electron chi connectivity index (χ4n) is 0.973. The number of halogens is 4. The molecule has 0 aromatic carbocycles. The predicted molar refractivity (Wildman–Crippen MR) is 68.4 cm³/mol. The van der Waals surface area contributed by atoms with Crippen LogP contribution in [-0.4, -0.2) is 4.32 Å². The molecule has 0 N–H and O–H groups in total. The van der Waals surface area contributed by atoms with E-state index in [1.54, 1.807) is 0 Å². The molecule has 0 aliphatic heterocycles. The van der Waals surface area contributed by atoms with Gasteiger partial charge in [-0.2, -0.15) is 0 Å². The van der Waals surface area contributed by atoms with Gasteiger partial charge < -0.3 is 0 Å². The monoisotopic (exact) mass is 420 g/mol. The zero-order valence-electron chi connectivity index (χ0n) is 6.67. The summed E-state index contributed by atoms with van der Waals surface area (Å²) >= 11 is 14.3. The number of alkyl halides is 1. The lowest BCUT2D eigenvalue weighted by molar-refractivity contribution is 0.599. The van der Waals surface area contributed by atoms with E-state index in [9.17, 15) is 0 Å². The van der Waals surface area contributed by atoms with Crippen LogP contribution in [0.15, 0.2) is 19.5 Å². The van der Waals surface area contributed by atoms with Crippen molar-refractivity contribution in [2.24, 2.45) is 5.92 Å². The first kappa shape index (κ1) is 11.5. The Labute approximate surface area is 106 Å². The summed E-state index contributed by atoms with van der Waals surface area (Å²) in [5.74, 6) is 0.422. The summed E-state index contributed by atoms with van der Waals surface area (Å²) in [5, 5.41) is 0. The molecule has 0 amide bonds. The maximum Gasteiger partial charge on any atom is 0.0614 e. The van der Waals surface area contributed by atoms with Crippen molar-refractivity contribution in [1.82, 2.24) is 0 Å². The van der Waals surface area contributed by atoms with Crippen LogP contribution in [0.25, 0.3) is 0 Å². The Hall–Kier alpha value is 1.40. The van der Waals surface area contributed by atoms with Crippen molar-refractivity contribution in [3.8, 4) is 0 Å². The van der Waals surface area contributed by atoms with Crippen molar-refractivity contribution in [2.75, 3.05) is 0 Å². The molecule has 0 fully saturated rings. The number of allylic oxidation sites excluding steroid dienone is 4. The first-order valence-electron chi connectivity index (χ1n) is 3.49. The number of hydrogen-bond acceptors (Lipinski definition) is 0. The van der Waals surface area contributed by atoms with Crippen molar-refractivity contribution in [3.63, 3.8) is 0 Å². The quantitative estimate of drug-likeness (QED) is 0.477. The van der Waals surface area contributed by atoms with Gasteiger partial charge in [-0.15, -0.1) is 0 Å². The van der Waals surface area contributed by atoms with E-state index in [1.165, 1.54) is 4.48 Å². The fourth-order valence-corrected chi connectivity index (χ4v) is 3.65. The maximum absolute atomic E-state index is 3.69. The van der Waals surface area contributed by atoms with E-state index in [0.717, 1.165) is 8.96 Å². The second kappa shape index (κ2) is 3.87. The van der Waals surface area contributed by atoms with Crippen LogP contribution in [0.3, 0.4) is 0 Å². The molecule has 0 heterocycles. The molecule has 0 bridgehead atoms. The average Bonchev–Trinajstić information content (AvgIpc) is 1.99. The van der Waals surface area contributed by atoms with E-state index < -0.39 is 0 Å². The highest BCUT2D eigenvalue weighted by molar-refractivity contribution is 9.15. The van der Waals surface area contributed by atoms with E-state index in [-0.39, 0.29) is 4.32 Å². The highest BCUT2D eigenvalue weighted by Crippen LogP contribution is 2.49. The average molecular weight is 424 g/mol. The number of rotatable bonds is 0. The lowest BCUT2D eigenvalue weighted by Crippen LogP contribution is -2.28. The minimum atomic E-state index is 0.00308. The van der Waals surface area contributed by atoms with Crippen LogP contribution < -0.4 is 0 Å². The normalized spacial score (nSPS) is 36.8. The van der Waals surface area contributed by atoms with Crippen molar-refractivity contribution < 1.29 is 0 Å². The molecule has 68 valence electrons. The van der Waals surface area contributed by atoms with Gasteiger partial charge in [0.05, 0.1) is 4.32 Å². The van der Waals surface area contributed by atoms with Gasteiger partial charge >= 0.3 is 0 Å². The van der Waals surface area contributed by atoms with Gasteiger partial charge in [0.25, 0.3) is 0 Å². The smallest absolute Gasteiger partial charge is 0.0614 e. The maximum atomic E-state index is 3.69. The van der Waals surface area contributed by atoms with Crippen molar-refractivity contribution in [2.45, 2.75) is 18.2 Å². The molecule has 0 unspecified atom stereocenters. The second-order valence-electron chi connectivity index (χ2n) is 2.99. The summed E-state index contributed by atoms with van der Waals surface area (Å²) in [5.41, 5.74) is 0. The van der Waals surface area contributed by atoms with Crippen LogP contribution in [0, 0.1) is 5.92 Å². The van der Waals surface area contributed by atoms with Crippen LogP contribution in [-0.2, 0) is 0 Å². The Morgan fingerprint density at radius 2 is 1.83 bits per heavy atom. The van der Waals surface area contributed by atoms with Gasteiger partial charge in [0.1, 0.15) is 0 Å². The molecule has 0 spiro atoms. The molecule has 12 heavy (non-hydrogen) atoms. The fraction of sp³-hybridized carbons (Fsp3) is 0.500. The summed E-state index contributed by atoms with van der Waals surface area (Å²) in [6.45, 7) is 4.33. The Bertz CT molecular complexity index is 262. The Balaban J connectivity index is 3.16. The first-order valence-corrected chi connectivity index (χ1v) is 6.66. The molecule has 4 heteroatoms. The summed E-state index contributed by atoms with van der Waals surface area (Å²) in [6, 6.07) is 0.